The highest BCUT2D eigenvalue weighted by atomic mass is 35.5. The first-order valence-corrected chi connectivity index (χ1v) is 19.0. The van der Waals surface area contributed by atoms with Crippen LogP contribution in [0.5, 0.6) is 0 Å². The zero-order valence-corrected chi connectivity index (χ0v) is 33.7. The second kappa shape index (κ2) is 20.7. The number of rotatable bonds is 25. The number of hydrogen-bond donors (Lipinski definition) is 4. The van der Waals surface area contributed by atoms with Gasteiger partial charge in [-0.25, -0.2) is 0 Å². The second-order valence-electron chi connectivity index (χ2n) is 14.7. The lowest BCUT2D eigenvalue weighted by Crippen LogP contribution is -2.49. The van der Waals surface area contributed by atoms with E-state index < -0.39 is 16.7 Å². The Morgan fingerprint density at radius 1 is 0.870 bits per heavy atom. The van der Waals surface area contributed by atoms with Crippen molar-refractivity contribution in [1.82, 2.24) is 50.8 Å². The summed E-state index contributed by atoms with van der Waals surface area (Å²) in [5.74, 6) is 0.335. The molecule has 5 N–H and O–H groups in total. The molecule has 2 aromatic heterocycles. The smallest absolute Gasteiger partial charge is 0.236 e. The number of alkyl halides is 2. The largest absolute Gasteiger partial charge is 0.369 e. The van der Waals surface area contributed by atoms with Crippen LogP contribution < -0.4 is 16.0 Å². The number of hydrogen-bond acceptors (Lipinski definition) is 10. The van der Waals surface area contributed by atoms with Gasteiger partial charge in [0, 0.05) is 73.9 Å². The molecule has 0 atom stereocenters. The number of amides is 3. The van der Waals surface area contributed by atoms with Crippen LogP contribution in [-0.2, 0) is 33.9 Å². The number of carbonyl (C=O) groups is 3. The van der Waals surface area contributed by atoms with Crippen molar-refractivity contribution in [2.75, 3.05) is 63.0 Å². The summed E-state index contributed by atoms with van der Waals surface area (Å²) >= 11 is 11.9. The van der Waals surface area contributed by atoms with Gasteiger partial charge >= 0.3 is 0 Å². The van der Waals surface area contributed by atoms with Gasteiger partial charge in [-0.15, -0.1) is 23.2 Å². The molecular weight excluding hydrogens is 731 g/mol. The Labute approximate surface area is 328 Å². The Morgan fingerprint density at radius 3 is 1.96 bits per heavy atom. The fourth-order valence-electron chi connectivity index (χ4n) is 6.26. The van der Waals surface area contributed by atoms with E-state index >= 15 is 0 Å². The minimum atomic E-state index is -0.878. The summed E-state index contributed by atoms with van der Waals surface area (Å²) in [7, 11) is 1.75. The maximum atomic E-state index is 14.1. The van der Waals surface area contributed by atoms with Crippen molar-refractivity contribution in [1.29, 1.82) is 0 Å². The quantitative estimate of drug-likeness (QED) is 0.0925. The van der Waals surface area contributed by atoms with Crippen molar-refractivity contribution in [3.63, 3.8) is 0 Å². The highest BCUT2D eigenvalue weighted by Crippen LogP contribution is 2.32. The number of nitrogens with two attached hydrogens (primary N) is 1. The lowest BCUT2D eigenvalue weighted by atomic mass is 9.85. The number of benzene rings is 1. The Kier molecular flexibility index (Phi) is 16.8. The predicted molar refractivity (Wildman–Crippen MR) is 212 cm³/mol. The summed E-state index contributed by atoms with van der Waals surface area (Å²) < 4.78 is 0. The molecule has 0 radical (unpaired) electrons. The molecule has 0 bridgehead atoms. The van der Waals surface area contributed by atoms with E-state index in [1.165, 1.54) is 0 Å². The third-order valence-corrected chi connectivity index (χ3v) is 9.44. The van der Waals surface area contributed by atoms with Gasteiger partial charge in [-0.1, -0.05) is 39.1 Å². The topological polar surface area (TPSA) is 185 Å². The Hall–Kier alpha value is -4.63. The van der Waals surface area contributed by atoms with Gasteiger partial charge < -0.3 is 30.7 Å². The molecule has 1 aromatic carbocycles. The van der Waals surface area contributed by atoms with E-state index in [0.29, 0.717) is 67.0 Å². The summed E-state index contributed by atoms with van der Waals surface area (Å²) in [5, 5.41) is 24.3. The number of nitrogens with zero attached hydrogens (tertiary/aromatic N) is 8. The van der Waals surface area contributed by atoms with E-state index in [9.17, 15) is 14.4 Å². The van der Waals surface area contributed by atoms with Crippen LogP contribution in [0.1, 0.15) is 57.5 Å². The van der Waals surface area contributed by atoms with Gasteiger partial charge in [0.1, 0.15) is 11.4 Å². The van der Waals surface area contributed by atoms with Crippen molar-refractivity contribution in [3.8, 4) is 0 Å². The minimum absolute atomic E-state index is 0.0632. The van der Waals surface area contributed by atoms with Crippen molar-refractivity contribution in [3.05, 3.63) is 78.2 Å². The highest BCUT2D eigenvalue weighted by molar-refractivity contribution is 6.18. The van der Waals surface area contributed by atoms with E-state index in [1.54, 1.807) is 29.2 Å². The Balaban J connectivity index is 1.59. The second-order valence-corrected chi connectivity index (χ2v) is 15.5. The molecular formula is C37H56Cl2N12O3. The summed E-state index contributed by atoms with van der Waals surface area (Å²) in [6.07, 6.45) is 4.99. The molecule has 3 amide bonds. The third-order valence-electron chi connectivity index (χ3n) is 9.11. The number of aromatic nitrogens is 6. The molecule has 0 aliphatic heterocycles. The van der Waals surface area contributed by atoms with Gasteiger partial charge in [0.25, 0.3) is 0 Å². The van der Waals surface area contributed by atoms with Gasteiger partial charge in [-0.2, -0.15) is 30.8 Å². The monoisotopic (exact) mass is 786 g/mol. The number of carbonyl (C=O) groups excluding carboxylic acids is 3. The summed E-state index contributed by atoms with van der Waals surface area (Å²) in [6, 6.07) is 8.27. The summed E-state index contributed by atoms with van der Waals surface area (Å²) in [5.41, 5.74) is 8.81. The first-order valence-electron chi connectivity index (χ1n) is 17.9. The normalized spacial score (nSPS) is 11.5. The average Bonchev–Trinajstić information content (AvgIpc) is 3.84. The van der Waals surface area contributed by atoms with E-state index in [2.05, 4.69) is 78.5 Å². The molecule has 0 spiro atoms. The lowest BCUT2D eigenvalue weighted by molar-refractivity contribution is -0.141. The number of anilines is 1. The van der Waals surface area contributed by atoms with E-state index in [-0.39, 0.29) is 31.4 Å². The molecule has 2 heterocycles. The fraction of sp³-hybridized carbons (Fsp3) is 0.541. The van der Waals surface area contributed by atoms with Crippen LogP contribution >= 0.6 is 23.2 Å². The predicted octanol–water partition coefficient (Wildman–Crippen LogP) is 3.67. The minimum Gasteiger partial charge on any atom is -0.369 e. The maximum absolute atomic E-state index is 14.1. The van der Waals surface area contributed by atoms with Crippen LogP contribution in [0.3, 0.4) is 0 Å². The van der Waals surface area contributed by atoms with Crippen molar-refractivity contribution in [2.45, 2.75) is 60.0 Å². The van der Waals surface area contributed by atoms with Gasteiger partial charge in [0.05, 0.1) is 44.0 Å². The fourth-order valence-corrected chi connectivity index (χ4v) is 6.66. The number of aromatic amines is 2. The molecule has 0 saturated heterocycles. The van der Waals surface area contributed by atoms with E-state index in [0.717, 1.165) is 30.8 Å². The van der Waals surface area contributed by atoms with Gasteiger partial charge in [0.15, 0.2) is 0 Å². The molecule has 0 saturated carbocycles. The molecule has 3 rings (SSSR count). The van der Waals surface area contributed by atoms with Crippen molar-refractivity contribution < 1.29 is 14.4 Å². The molecule has 0 fully saturated rings. The zero-order chi connectivity index (χ0) is 39.9. The van der Waals surface area contributed by atoms with Crippen LogP contribution in [-0.4, -0.2) is 121 Å². The number of H-pyrrole nitrogens is 2. The molecule has 3 aromatic rings. The zero-order valence-electron chi connectivity index (χ0n) is 32.2. The average molecular weight is 788 g/mol. The molecule has 0 unspecified atom stereocenters. The lowest BCUT2D eigenvalue weighted by Gasteiger charge is -2.41. The van der Waals surface area contributed by atoms with Crippen LogP contribution in [0.2, 0.25) is 0 Å². The molecule has 15 nitrogen and oxygen atoms in total. The van der Waals surface area contributed by atoms with Gasteiger partial charge in [-0.05, 0) is 44.4 Å². The van der Waals surface area contributed by atoms with Crippen LogP contribution in [0.25, 0.3) is 0 Å². The molecule has 54 heavy (non-hydrogen) atoms. The van der Waals surface area contributed by atoms with Gasteiger partial charge in [-0.3, -0.25) is 14.4 Å². The number of nitrogens with one attached hydrogen (secondary N) is 3. The van der Waals surface area contributed by atoms with Crippen LogP contribution in [0.4, 0.5) is 5.69 Å². The van der Waals surface area contributed by atoms with E-state index in [4.69, 9.17) is 28.9 Å². The molecule has 296 valence electrons. The Morgan fingerprint density at radius 2 is 1.44 bits per heavy atom. The van der Waals surface area contributed by atoms with Crippen molar-refractivity contribution >= 4 is 46.6 Å². The van der Waals surface area contributed by atoms with Crippen molar-refractivity contribution in [2.24, 2.45) is 16.6 Å². The molecule has 0 aliphatic carbocycles. The first-order chi connectivity index (χ1) is 25.6. The number of aryl methyl sites for hydroxylation is 1. The first kappa shape index (κ1) is 43.8. The number of halogens is 2. The third kappa shape index (κ3) is 13.7. The molecule has 0 aliphatic rings. The summed E-state index contributed by atoms with van der Waals surface area (Å²) in [6.45, 7) is 19.0. The van der Waals surface area contributed by atoms with Crippen LogP contribution in [0, 0.1) is 10.8 Å². The maximum Gasteiger partial charge on any atom is 0.236 e. The van der Waals surface area contributed by atoms with Gasteiger partial charge in [0.2, 0.25) is 17.7 Å². The summed E-state index contributed by atoms with van der Waals surface area (Å²) in [4.78, 5) is 46.4. The SMILES string of the molecule is C=C(CNC(=O)CCCc1ccc(N(CCCl)CCCl)cc1)N(Cc1cn[nH]n1)CC(C)(C)C(=O)N(C)CC(C)(C)C(=C)N(CC(N)=O)Cc1cn[nH]n1. The molecule has 17 heteroatoms. The standard InChI is InChI=1S/C37H56Cl2N12O3/c1-27(19-41-34(53)10-8-9-29-11-13-32(14-12-29)49(17-15-38)18-16-39)51(23-31-21-43-47-45-31)26-37(5,6)35(54)48(7)25-36(3,4)28(2)50(24-33(40)52)22-30-20-42-46-44-30/h11-14,20-21H,1-2,8-10,15-19,22-26H2,3-7H3,(H2,40,52)(H,41,53)(H,42,44,46)(H,43,45,47). The van der Waals surface area contributed by atoms with Crippen LogP contribution in [0.15, 0.2) is 61.2 Å². The Bertz CT molecular complexity index is 1640. The number of primary amides is 1. The highest BCUT2D eigenvalue weighted by Gasteiger charge is 2.37. The van der Waals surface area contributed by atoms with E-state index in [1.807, 2.05) is 32.6 Å².